The molecule has 0 aliphatic heterocycles. The van der Waals surface area contributed by atoms with E-state index in [1.807, 2.05) is 0 Å². The van der Waals surface area contributed by atoms with Gasteiger partial charge in [0.2, 0.25) is 0 Å². The van der Waals surface area contributed by atoms with Crippen LogP contribution in [0.2, 0.25) is 0 Å². The normalized spacial score (nSPS) is 10.0. The number of hydrogen-bond donors (Lipinski definition) is 0. The molecule has 0 N–H and O–H groups in total. The zero-order valence-electron chi connectivity index (χ0n) is 6.25. The molecule has 1 aromatic heterocycles. The van der Waals surface area contributed by atoms with Gasteiger partial charge >= 0.3 is 0 Å². The van der Waals surface area contributed by atoms with Crippen molar-refractivity contribution in [1.29, 1.82) is 0 Å². The van der Waals surface area contributed by atoms with Crippen molar-refractivity contribution in [1.82, 2.24) is 9.78 Å². The largest absolute Gasteiger partial charge is 0.294 e. The van der Waals surface area contributed by atoms with Gasteiger partial charge in [0.1, 0.15) is 0 Å². The smallest absolute Gasteiger partial charge is 0.162 e. The summed E-state index contributed by atoms with van der Waals surface area (Å²) in [6.07, 6.45) is 3.25. The minimum Gasteiger partial charge on any atom is -0.294 e. The summed E-state index contributed by atoms with van der Waals surface area (Å²) in [4.78, 5) is 10.8. The van der Waals surface area contributed by atoms with Crippen molar-refractivity contribution >= 4 is 17.4 Å². The number of rotatable bonds is 3. The first-order valence-electron chi connectivity index (χ1n) is 3.33. The quantitative estimate of drug-likeness (QED) is 0.509. The van der Waals surface area contributed by atoms with Crippen molar-refractivity contribution in [2.45, 2.75) is 13.5 Å². The summed E-state index contributed by atoms with van der Waals surface area (Å²) in [7, 11) is 0. The van der Waals surface area contributed by atoms with Gasteiger partial charge in [-0.2, -0.15) is 5.10 Å². The van der Waals surface area contributed by atoms with Crippen molar-refractivity contribution in [3.8, 4) is 0 Å². The molecule has 0 saturated carbocycles. The molecule has 0 amide bonds. The zero-order valence-corrected chi connectivity index (χ0v) is 7.01. The van der Waals surface area contributed by atoms with Crippen LogP contribution in [0.5, 0.6) is 0 Å². The fourth-order valence-corrected chi connectivity index (χ4v) is 0.927. The highest BCUT2D eigenvalue weighted by Gasteiger charge is 2.01. The highest BCUT2D eigenvalue weighted by molar-refractivity contribution is 6.17. The second-order valence-corrected chi connectivity index (χ2v) is 2.62. The van der Waals surface area contributed by atoms with E-state index in [0.717, 1.165) is 0 Å². The molecule has 3 nitrogen and oxygen atoms in total. The Kier molecular flexibility index (Phi) is 2.65. The molecule has 0 spiro atoms. The molecule has 0 bridgehead atoms. The summed E-state index contributed by atoms with van der Waals surface area (Å²) in [5.74, 6) is 0.546. The van der Waals surface area contributed by atoms with E-state index < -0.39 is 0 Å². The maximum Gasteiger partial charge on any atom is 0.162 e. The molecule has 0 radical (unpaired) electrons. The predicted molar refractivity (Wildman–Crippen MR) is 43.0 cm³/mol. The van der Waals surface area contributed by atoms with E-state index in [0.29, 0.717) is 18.0 Å². The van der Waals surface area contributed by atoms with E-state index in [1.165, 1.54) is 6.92 Å². The van der Waals surface area contributed by atoms with Crippen LogP contribution in [-0.2, 0) is 6.54 Å². The minimum atomic E-state index is 0.0332. The van der Waals surface area contributed by atoms with E-state index in [2.05, 4.69) is 5.10 Å². The van der Waals surface area contributed by atoms with Crippen molar-refractivity contribution in [3.63, 3.8) is 0 Å². The minimum absolute atomic E-state index is 0.0332. The Labute approximate surface area is 70.0 Å². The highest BCUT2D eigenvalue weighted by Crippen LogP contribution is 1.98. The lowest BCUT2D eigenvalue weighted by Gasteiger charge is -1.92. The molecule has 0 fully saturated rings. The third kappa shape index (κ3) is 2.05. The topological polar surface area (TPSA) is 34.9 Å². The fraction of sp³-hybridized carbons (Fsp3) is 0.429. The Bertz CT molecular complexity index is 257. The predicted octanol–water partition coefficient (Wildman–Crippen LogP) is 1.32. The Morgan fingerprint density at radius 2 is 2.55 bits per heavy atom. The molecule has 0 aliphatic rings. The van der Waals surface area contributed by atoms with Crippen LogP contribution in [0.25, 0.3) is 0 Å². The monoisotopic (exact) mass is 172 g/mol. The van der Waals surface area contributed by atoms with Gasteiger partial charge in [-0.3, -0.25) is 9.48 Å². The summed E-state index contributed by atoms with van der Waals surface area (Å²) >= 11 is 5.48. The number of aryl methyl sites for hydroxylation is 1. The van der Waals surface area contributed by atoms with Gasteiger partial charge in [-0.05, 0) is 6.92 Å². The summed E-state index contributed by atoms with van der Waals surface area (Å²) < 4.78 is 1.66. The first kappa shape index (κ1) is 8.27. The second kappa shape index (κ2) is 3.53. The number of alkyl halides is 1. The number of nitrogens with zero attached hydrogens (tertiary/aromatic N) is 2. The Hall–Kier alpha value is -0.830. The van der Waals surface area contributed by atoms with Crippen LogP contribution in [0.4, 0.5) is 0 Å². The van der Waals surface area contributed by atoms with Crippen LogP contribution in [0.1, 0.15) is 17.3 Å². The molecule has 11 heavy (non-hydrogen) atoms. The zero-order chi connectivity index (χ0) is 8.27. The average Bonchev–Trinajstić information content (AvgIpc) is 2.37. The molecular formula is C7H9ClN2O. The van der Waals surface area contributed by atoms with Gasteiger partial charge in [0.15, 0.2) is 5.78 Å². The molecule has 4 heteroatoms. The Morgan fingerprint density at radius 3 is 3.00 bits per heavy atom. The van der Waals surface area contributed by atoms with Crippen molar-refractivity contribution in [2.24, 2.45) is 0 Å². The average molecular weight is 173 g/mol. The standard InChI is InChI=1S/C7H9ClN2O/c1-6(11)7-4-9-10(5-7)3-2-8/h4-5H,2-3H2,1H3. The fourth-order valence-electron chi connectivity index (χ4n) is 0.754. The number of carbonyl (C=O) groups is 1. The van der Waals surface area contributed by atoms with Gasteiger partial charge in [0.25, 0.3) is 0 Å². The molecule has 0 aromatic carbocycles. The first-order valence-corrected chi connectivity index (χ1v) is 3.87. The molecule has 0 saturated heterocycles. The number of Topliss-reactive ketones (excluding diaryl/α,β-unsaturated/α-hetero) is 1. The molecular weight excluding hydrogens is 164 g/mol. The molecule has 1 heterocycles. The van der Waals surface area contributed by atoms with E-state index in [9.17, 15) is 4.79 Å². The van der Waals surface area contributed by atoms with E-state index in [1.54, 1.807) is 17.1 Å². The Balaban J connectivity index is 2.73. The maximum atomic E-state index is 10.8. The lowest BCUT2D eigenvalue weighted by atomic mass is 10.3. The van der Waals surface area contributed by atoms with Crippen LogP contribution in [0.15, 0.2) is 12.4 Å². The van der Waals surface area contributed by atoms with Gasteiger partial charge in [-0.25, -0.2) is 0 Å². The van der Waals surface area contributed by atoms with E-state index in [-0.39, 0.29) is 5.78 Å². The van der Waals surface area contributed by atoms with Crippen molar-refractivity contribution in [2.75, 3.05) is 5.88 Å². The Morgan fingerprint density at radius 1 is 1.82 bits per heavy atom. The van der Waals surface area contributed by atoms with Crippen LogP contribution in [-0.4, -0.2) is 21.4 Å². The van der Waals surface area contributed by atoms with Crippen LogP contribution in [0, 0.1) is 0 Å². The molecule has 0 aliphatic carbocycles. The van der Waals surface area contributed by atoms with Gasteiger partial charge in [-0.15, -0.1) is 11.6 Å². The SMILES string of the molecule is CC(=O)c1cnn(CCCl)c1. The van der Waals surface area contributed by atoms with Crippen molar-refractivity contribution < 1.29 is 4.79 Å². The lowest BCUT2D eigenvalue weighted by Crippen LogP contribution is -1.98. The number of carbonyl (C=O) groups excluding carboxylic acids is 1. The van der Waals surface area contributed by atoms with Crippen LogP contribution in [0.3, 0.4) is 0 Å². The van der Waals surface area contributed by atoms with Gasteiger partial charge in [-0.1, -0.05) is 0 Å². The van der Waals surface area contributed by atoms with Crippen LogP contribution >= 0.6 is 11.6 Å². The summed E-state index contributed by atoms with van der Waals surface area (Å²) in [6, 6.07) is 0. The molecule has 0 unspecified atom stereocenters. The van der Waals surface area contributed by atoms with Crippen LogP contribution < -0.4 is 0 Å². The molecule has 1 rings (SSSR count). The van der Waals surface area contributed by atoms with Gasteiger partial charge in [0.05, 0.1) is 18.3 Å². The van der Waals surface area contributed by atoms with Gasteiger partial charge in [0, 0.05) is 12.1 Å². The van der Waals surface area contributed by atoms with E-state index >= 15 is 0 Å². The third-order valence-corrected chi connectivity index (χ3v) is 1.52. The second-order valence-electron chi connectivity index (χ2n) is 2.24. The maximum absolute atomic E-state index is 10.8. The summed E-state index contributed by atoms with van der Waals surface area (Å²) in [6.45, 7) is 2.16. The number of halogens is 1. The first-order chi connectivity index (χ1) is 5.24. The van der Waals surface area contributed by atoms with Crippen molar-refractivity contribution in [3.05, 3.63) is 18.0 Å². The highest BCUT2D eigenvalue weighted by atomic mass is 35.5. The number of ketones is 1. The molecule has 1 aromatic rings. The summed E-state index contributed by atoms with van der Waals surface area (Å²) in [5, 5.41) is 3.94. The number of hydrogen-bond acceptors (Lipinski definition) is 2. The molecule has 0 atom stereocenters. The lowest BCUT2D eigenvalue weighted by molar-refractivity contribution is 0.101. The number of aromatic nitrogens is 2. The third-order valence-electron chi connectivity index (χ3n) is 1.35. The summed E-state index contributed by atoms with van der Waals surface area (Å²) in [5.41, 5.74) is 0.634. The van der Waals surface area contributed by atoms with Gasteiger partial charge < -0.3 is 0 Å². The van der Waals surface area contributed by atoms with E-state index in [4.69, 9.17) is 11.6 Å². The molecule has 60 valence electrons.